The monoisotopic (exact) mass is 547 g/mol. The van der Waals surface area contributed by atoms with Crippen molar-refractivity contribution in [1.29, 1.82) is 0 Å². The van der Waals surface area contributed by atoms with Crippen LogP contribution in [0.2, 0.25) is 10.0 Å². The fraction of sp³-hybridized carbons (Fsp3) is 0.231. The van der Waals surface area contributed by atoms with Gasteiger partial charge in [0, 0.05) is 18.6 Å². The molecule has 0 saturated heterocycles. The first kappa shape index (κ1) is 27.5. The van der Waals surface area contributed by atoms with E-state index in [1.807, 2.05) is 31.2 Å². The van der Waals surface area contributed by atoms with Crippen molar-refractivity contribution in [3.05, 3.63) is 94.0 Å². The van der Waals surface area contributed by atoms with Crippen LogP contribution in [0.5, 0.6) is 0 Å². The highest BCUT2D eigenvalue weighted by Gasteiger charge is 2.33. The number of amides is 2. The molecule has 0 aliphatic carbocycles. The number of nitrogens with zero attached hydrogens (tertiary/aromatic N) is 2. The minimum atomic E-state index is -4.21. The van der Waals surface area contributed by atoms with Gasteiger partial charge in [-0.25, -0.2) is 8.42 Å². The van der Waals surface area contributed by atoms with E-state index in [9.17, 15) is 18.0 Å². The van der Waals surface area contributed by atoms with Gasteiger partial charge in [0.25, 0.3) is 10.0 Å². The first-order chi connectivity index (χ1) is 17.0. The quantitative estimate of drug-likeness (QED) is 0.422. The Morgan fingerprint density at radius 3 is 2.22 bits per heavy atom. The van der Waals surface area contributed by atoms with E-state index in [4.69, 9.17) is 23.2 Å². The third kappa shape index (κ3) is 6.37. The summed E-state index contributed by atoms with van der Waals surface area (Å²) < 4.78 is 28.3. The fourth-order valence-corrected chi connectivity index (χ4v) is 5.47. The molecule has 0 bridgehead atoms. The molecule has 0 fully saturated rings. The fourth-order valence-electron chi connectivity index (χ4n) is 3.59. The van der Waals surface area contributed by atoms with Crippen LogP contribution in [0.3, 0.4) is 0 Å². The highest BCUT2D eigenvalue weighted by atomic mass is 35.5. The van der Waals surface area contributed by atoms with Crippen molar-refractivity contribution in [2.45, 2.75) is 31.3 Å². The molecule has 0 saturated carbocycles. The minimum Gasteiger partial charge on any atom is -0.357 e. The van der Waals surface area contributed by atoms with E-state index in [0.29, 0.717) is 0 Å². The van der Waals surface area contributed by atoms with E-state index in [-0.39, 0.29) is 33.1 Å². The largest absolute Gasteiger partial charge is 0.357 e. The summed E-state index contributed by atoms with van der Waals surface area (Å²) in [6.45, 7) is 3.05. The Bertz CT molecular complexity index is 1330. The molecule has 0 aromatic heterocycles. The number of hydrogen-bond acceptors (Lipinski definition) is 4. The molecule has 0 aliphatic rings. The molecule has 3 rings (SSSR count). The zero-order valence-corrected chi connectivity index (χ0v) is 22.4. The van der Waals surface area contributed by atoms with Crippen molar-refractivity contribution < 1.29 is 18.0 Å². The molecular weight excluding hydrogens is 521 g/mol. The Morgan fingerprint density at radius 2 is 1.61 bits per heavy atom. The molecular formula is C26H27Cl2N3O4S. The van der Waals surface area contributed by atoms with Crippen molar-refractivity contribution in [3.8, 4) is 0 Å². The summed E-state index contributed by atoms with van der Waals surface area (Å²) in [6.07, 6.45) is 0. The van der Waals surface area contributed by atoms with Gasteiger partial charge in [-0.15, -0.1) is 0 Å². The van der Waals surface area contributed by atoms with Crippen LogP contribution in [-0.2, 0) is 26.2 Å². The standard InChI is InChI=1S/C26H27Cl2N3O4S/c1-18-9-11-20(12-10-18)16-30(19(2)26(33)29-3)25(32)17-31(24-15-21(27)13-14-23(24)28)36(34,35)22-7-5-4-6-8-22/h4-15,19H,16-17H2,1-3H3,(H,29,33)/t19-/m1/s1. The van der Waals surface area contributed by atoms with Gasteiger partial charge >= 0.3 is 0 Å². The normalized spacial score (nSPS) is 12.0. The van der Waals surface area contributed by atoms with Crippen LogP contribution in [0.1, 0.15) is 18.1 Å². The van der Waals surface area contributed by atoms with E-state index in [1.54, 1.807) is 25.1 Å². The van der Waals surface area contributed by atoms with E-state index < -0.39 is 28.5 Å². The Kier molecular flexibility index (Phi) is 9.00. The number of hydrogen-bond donors (Lipinski definition) is 1. The van der Waals surface area contributed by atoms with Crippen molar-refractivity contribution in [2.75, 3.05) is 17.9 Å². The summed E-state index contributed by atoms with van der Waals surface area (Å²) in [4.78, 5) is 27.5. The molecule has 2 amide bonds. The Hall–Kier alpha value is -3.07. The zero-order chi connectivity index (χ0) is 26.5. The first-order valence-electron chi connectivity index (χ1n) is 11.1. The van der Waals surface area contributed by atoms with Gasteiger partial charge < -0.3 is 10.2 Å². The third-order valence-electron chi connectivity index (χ3n) is 5.67. The molecule has 3 aromatic carbocycles. The lowest BCUT2D eigenvalue weighted by molar-refractivity contribution is -0.139. The van der Waals surface area contributed by atoms with Crippen LogP contribution in [0, 0.1) is 6.92 Å². The Morgan fingerprint density at radius 1 is 0.972 bits per heavy atom. The smallest absolute Gasteiger partial charge is 0.264 e. The zero-order valence-electron chi connectivity index (χ0n) is 20.1. The minimum absolute atomic E-state index is 0.0155. The van der Waals surface area contributed by atoms with Crippen LogP contribution in [0.15, 0.2) is 77.7 Å². The number of rotatable bonds is 9. The van der Waals surface area contributed by atoms with Gasteiger partial charge in [0.1, 0.15) is 12.6 Å². The Balaban J connectivity index is 2.06. The number of nitrogens with one attached hydrogen (secondary N) is 1. The lowest BCUT2D eigenvalue weighted by atomic mass is 10.1. The second-order valence-corrected chi connectivity index (χ2v) is 10.9. The number of carbonyl (C=O) groups is 2. The highest BCUT2D eigenvalue weighted by molar-refractivity contribution is 7.92. The molecule has 0 radical (unpaired) electrons. The molecule has 7 nitrogen and oxygen atoms in total. The second kappa shape index (κ2) is 11.8. The lowest BCUT2D eigenvalue weighted by Gasteiger charge is -2.32. The summed E-state index contributed by atoms with van der Waals surface area (Å²) in [5, 5.41) is 2.91. The van der Waals surface area contributed by atoms with Gasteiger partial charge in [0.15, 0.2) is 0 Å². The Labute approximate surface area is 221 Å². The van der Waals surface area contributed by atoms with Crippen LogP contribution in [-0.4, -0.2) is 44.8 Å². The molecule has 190 valence electrons. The summed E-state index contributed by atoms with van der Waals surface area (Å²) in [6, 6.07) is 18.8. The molecule has 10 heteroatoms. The van der Waals surface area contributed by atoms with E-state index in [1.165, 1.54) is 42.3 Å². The van der Waals surface area contributed by atoms with Crippen molar-refractivity contribution >= 4 is 50.7 Å². The van der Waals surface area contributed by atoms with E-state index in [2.05, 4.69) is 5.32 Å². The van der Waals surface area contributed by atoms with Gasteiger partial charge in [0.05, 0.1) is 15.6 Å². The average Bonchev–Trinajstić information content (AvgIpc) is 2.87. The molecule has 3 aromatic rings. The third-order valence-corrected chi connectivity index (χ3v) is 8.00. The maximum atomic E-state index is 13.7. The first-order valence-corrected chi connectivity index (χ1v) is 13.3. The van der Waals surface area contributed by atoms with Crippen LogP contribution in [0.25, 0.3) is 0 Å². The molecule has 1 N–H and O–H groups in total. The van der Waals surface area contributed by atoms with Gasteiger partial charge in [-0.3, -0.25) is 13.9 Å². The van der Waals surface area contributed by atoms with Crippen molar-refractivity contribution in [2.24, 2.45) is 0 Å². The number of likely N-dealkylation sites (N-methyl/N-ethyl adjacent to an activating group) is 1. The molecule has 0 unspecified atom stereocenters. The number of halogens is 2. The highest BCUT2D eigenvalue weighted by Crippen LogP contribution is 2.33. The maximum absolute atomic E-state index is 13.7. The average molecular weight is 548 g/mol. The maximum Gasteiger partial charge on any atom is 0.264 e. The van der Waals surface area contributed by atoms with E-state index in [0.717, 1.165) is 15.4 Å². The summed E-state index contributed by atoms with van der Waals surface area (Å²) in [7, 11) is -2.73. The summed E-state index contributed by atoms with van der Waals surface area (Å²) in [5.74, 6) is -0.962. The number of aryl methyl sites for hydroxylation is 1. The molecule has 0 aliphatic heterocycles. The SMILES string of the molecule is CNC(=O)[C@@H](C)N(Cc1ccc(C)cc1)C(=O)CN(c1cc(Cl)ccc1Cl)S(=O)(=O)c1ccccc1. The summed E-state index contributed by atoms with van der Waals surface area (Å²) in [5.41, 5.74) is 1.90. The van der Waals surface area contributed by atoms with Crippen LogP contribution >= 0.6 is 23.2 Å². The number of benzene rings is 3. The van der Waals surface area contributed by atoms with E-state index >= 15 is 0 Å². The predicted octanol–water partition coefficient (Wildman–Crippen LogP) is 4.66. The van der Waals surface area contributed by atoms with Crippen molar-refractivity contribution in [1.82, 2.24) is 10.2 Å². The van der Waals surface area contributed by atoms with Crippen molar-refractivity contribution in [3.63, 3.8) is 0 Å². The van der Waals surface area contributed by atoms with Crippen LogP contribution < -0.4 is 9.62 Å². The van der Waals surface area contributed by atoms with Gasteiger partial charge in [0.2, 0.25) is 11.8 Å². The van der Waals surface area contributed by atoms with Gasteiger partial charge in [-0.05, 0) is 49.7 Å². The lowest BCUT2D eigenvalue weighted by Crippen LogP contribution is -2.50. The van der Waals surface area contributed by atoms with Gasteiger partial charge in [-0.2, -0.15) is 0 Å². The second-order valence-electron chi connectivity index (χ2n) is 8.22. The number of carbonyl (C=O) groups excluding carboxylic acids is 2. The molecule has 0 spiro atoms. The molecule has 1 atom stereocenters. The number of anilines is 1. The summed E-state index contributed by atoms with van der Waals surface area (Å²) >= 11 is 12.5. The van der Waals surface area contributed by atoms with Crippen LogP contribution in [0.4, 0.5) is 5.69 Å². The molecule has 36 heavy (non-hydrogen) atoms. The predicted molar refractivity (Wildman–Crippen MR) is 143 cm³/mol. The van der Waals surface area contributed by atoms with Gasteiger partial charge in [-0.1, -0.05) is 71.2 Å². The topological polar surface area (TPSA) is 86.8 Å². The molecule has 0 heterocycles. The number of sulfonamides is 1.